The zero-order valence-electron chi connectivity index (χ0n) is 6.30. The standard InChI is InChI=1S/C7H12N2O2/c1-2-9-6(3-8-1)7-4-10-5-11-7/h4,6,8-9H,1-3,5H2. The Morgan fingerprint density at radius 1 is 1.45 bits per heavy atom. The van der Waals surface area contributed by atoms with E-state index in [0.29, 0.717) is 12.8 Å². The summed E-state index contributed by atoms with van der Waals surface area (Å²) in [5.74, 6) is 0.914. The van der Waals surface area contributed by atoms with Crippen LogP contribution in [0.15, 0.2) is 12.0 Å². The van der Waals surface area contributed by atoms with Crippen LogP contribution in [0, 0.1) is 0 Å². The summed E-state index contributed by atoms with van der Waals surface area (Å²) in [5.41, 5.74) is 0. The van der Waals surface area contributed by atoms with Crippen LogP contribution in [0.2, 0.25) is 0 Å². The predicted molar refractivity (Wildman–Crippen MR) is 39.8 cm³/mol. The molecule has 0 amide bonds. The van der Waals surface area contributed by atoms with Crippen molar-refractivity contribution < 1.29 is 9.47 Å². The van der Waals surface area contributed by atoms with Gasteiger partial charge in [-0.3, -0.25) is 0 Å². The molecule has 2 rings (SSSR count). The second-order valence-corrected chi connectivity index (χ2v) is 2.66. The fraction of sp³-hybridized carbons (Fsp3) is 0.714. The third-order valence-electron chi connectivity index (χ3n) is 1.88. The van der Waals surface area contributed by atoms with Crippen LogP contribution in [-0.4, -0.2) is 32.5 Å². The fourth-order valence-corrected chi connectivity index (χ4v) is 1.29. The number of hydrogen-bond donors (Lipinski definition) is 2. The second-order valence-electron chi connectivity index (χ2n) is 2.66. The molecule has 0 bridgehead atoms. The van der Waals surface area contributed by atoms with Gasteiger partial charge in [-0.05, 0) is 0 Å². The van der Waals surface area contributed by atoms with Crippen molar-refractivity contribution in [3.05, 3.63) is 12.0 Å². The monoisotopic (exact) mass is 156 g/mol. The van der Waals surface area contributed by atoms with Crippen molar-refractivity contribution >= 4 is 0 Å². The highest BCUT2D eigenvalue weighted by molar-refractivity contribution is 5.04. The first-order chi connectivity index (χ1) is 5.47. The van der Waals surface area contributed by atoms with E-state index in [1.807, 2.05) is 0 Å². The molecule has 0 aliphatic carbocycles. The Balaban J connectivity index is 1.92. The van der Waals surface area contributed by atoms with Gasteiger partial charge in [0.2, 0.25) is 6.79 Å². The third-order valence-corrected chi connectivity index (χ3v) is 1.88. The van der Waals surface area contributed by atoms with E-state index in [-0.39, 0.29) is 0 Å². The van der Waals surface area contributed by atoms with Gasteiger partial charge in [0.1, 0.15) is 6.26 Å². The number of ether oxygens (including phenoxy) is 2. The fourth-order valence-electron chi connectivity index (χ4n) is 1.29. The Labute approximate surface area is 65.6 Å². The van der Waals surface area contributed by atoms with Crippen molar-refractivity contribution in [1.29, 1.82) is 0 Å². The highest BCUT2D eigenvalue weighted by atomic mass is 16.7. The Morgan fingerprint density at radius 2 is 2.45 bits per heavy atom. The van der Waals surface area contributed by atoms with E-state index in [1.54, 1.807) is 6.26 Å². The van der Waals surface area contributed by atoms with Crippen LogP contribution in [0.1, 0.15) is 0 Å². The quantitative estimate of drug-likeness (QED) is 0.531. The van der Waals surface area contributed by atoms with Crippen molar-refractivity contribution in [2.45, 2.75) is 6.04 Å². The van der Waals surface area contributed by atoms with E-state index in [4.69, 9.17) is 9.47 Å². The highest BCUT2D eigenvalue weighted by Crippen LogP contribution is 2.11. The molecule has 2 heterocycles. The van der Waals surface area contributed by atoms with Gasteiger partial charge in [-0.2, -0.15) is 0 Å². The van der Waals surface area contributed by atoms with Gasteiger partial charge < -0.3 is 20.1 Å². The summed E-state index contributed by atoms with van der Waals surface area (Å²) in [7, 11) is 0. The van der Waals surface area contributed by atoms with E-state index in [1.165, 1.54) is 0 Å². The Hall–Kier alpha value is -0.740. The van der Waals surface area contributed by atoms with E-state index >= 15 is 0 Å². The van der Waals surface area contributed by atoms with Crippen molar-refractivity contribution in [2.75, 3.05) is 26.4 Å². The van der Waals surface area contributed by atoms with Gasteiger partial charge >= 0.3 is 0 Å². The predicted octanol–water partition coefficient (Wildman–Crippen LogP) is -0.606. The molecule has 11 heavy (non-hydrogen) atoms. The van der Waals surface area contributed by atoms with Crippen molar-refractivity contribution in [3.63, 3.8) is 0 Å². The molecule has 4 nitrogen and oxygen atoms in total. The molecule has 0 spiro atoms. The average Bonchev–Trinajstić information content (AvgIpc) is 2.58. The topological polar surface area (TPSA) is 42.5 Å². The van der Waals surface area contributed by atoms with E-state index in [9.17, 15) is 0 Å². The smallest absolute Gasteiger partial charge is 0.229 e. The van der Waals surface area contributed by atoms with Gasteiger partial charge in [0, 0.05) is 19.6 Å². The molecule has 0 aromatic carbocycles. The first-order valence-corrected chi connectivity index (χ1v) is 3.85. The molecule has 1 unspecified atom stereocenters. The molecule has 1 atom stereocenters. The molecule has 62 valence electrons. The van der Waals surface area contributed by atoms with Crippen LogP contribution in [0.25, 0.3) is 0 Å². The molecule has 4 heteroatoms. The summed E-state index contributed by atoms with van der Waals surface area (Å²) in [6.45, 7) is 3.32. The average molecular weight is 156 g/mol. The summed E-state index contributed by atoms with van der Waals surface area (Å²) in [5, 5.41) is 6.60. The van der Waals surface area contributed by atoms with Gasteiger partial charge in [-0.25, -0.2) is 0 Å². The maximum Gasteiger partial charge on any atom is 0.229 e. The molecule has 0 aromatic rings. The number of hydrogen-bond acceptors (Lipinski definition) is 4. The van der Waals surface area contributed by atoms with Gasteiger partial charge in [-0.1, -0.05) is 0 Å². The summed E-state index contributed by atoms with van der Waals surface area (Å²) < 4.78 is 10.2. The second kappa shape index (κ2) is 3.11. The van der Waals surface area contributed by atoms with Gasteiger partial charge in [-0.15, -0.1) is 0 Å². The molecular formula is C7H12N2O2. The van der Waals surface area contributed by atoms with Gasteiger partial charge in [0.15, 0.2) is 5.76 Å². The minimum Gasteiger partial charge on any atom is -0.462 e. The zero-order valence-corrected chi connectivity index (χ0v) is 6.30. The van der Waals surface area contributed by atoms with E-state index in [0.717, 1.165) is 25.4 Å². The van der Waals surface area contributed by atoms with Crippen LogP contribution in [-0.2, 0) is 9.47 Å². The first kappa shape index (κ1) is 6.94. The molecule has 0 radical (unpaired) electrons. The third kappa shape index (κ3) is 1.46. The van der Waals surface area contributed by atoms with Gasteiger partial charge in [0.05, 0.1) is 6.04 Å². The molecule has 0 aromatic heterocycles. The van der Waals surface area contributed by atoms with E-state index in [2.05, 4.69) is 10.6 Å². The number of piperazine rings is 1. The molecule has 2 N–H and O–H groups in total. The summed E-state index contributed by atoms with van der Waals surface area (Å²) in [4.78, 5) is 0. The summed E-state index contributed by atoms with van der Waals surface area (Å²) >= 11 is 0. The number of rotatable bonds is 1. The van der Waals surface area contributed by atoms with Crippen molar-refractivity contribution in [3.8, 4) is 0 Å². The molecule has 2 aliphatic heterocycles. The maximum atomic E-state index is 5.23. The van der Waals surface area contributed by atoms with E-state index < -0.39 is 0 Å². The zero-order chi connectivity index (χ0) is 7.52. The minimum atomic E-state index is 0.297. The highest BCUT2D eigenvalue weighted by Gasteiger charge is 2.20. The number of nitrogens with one attached hydrogen (secondary N) is 2. The molecule has 2 aliphatic rings. The normalized spacial score (nSPS) is 30.5. The van der Waals surface area contributed by atoms with Crippen molar-refractivity contribution in [2.24, 2.45) is 0 Å². The Morgan fingerprint density at radius 3 is 3.09 bits per heavy atom. The first-order valence-electron chi connectivity index (χ1n) is 3.85. The van der Waals surface area contributed by atoms with Crippen LogP contribution in [0.4, 0.5) is 0 Å². The molecule has 1 fully saturated rings. The Bertz CT molecular complexity index is 164. The lowest BCUT2D eigenvalue weighted by Gasteiger charge is -2.23. The maximum absolute atomic E-state index is 5.23. The SMILES string of the molecule is C1=C(C2CNCCN2)OCO1. The Kier molecular flexibility index (Phi) is 1.96. The van der Waals surface area contributed by atoms with Crippen LogP contribution in [0.5, 0.6) is 0 Å². The van der Waals surface area contributed by atoms with Crippen LogP contribution < -0.4 is 10.6 Å². The molecular weight excluding hydrogens is 144 g/mol. The molecule has 1 saturated heterocycles. The summed E-state index contributed by atoms with van der Waals surface area (Å²) in [6.07, 6.45) is 1.69. The van der Waals surface area contributed by atoms with Crippen LogP contribution in [0.3, 0.4) is 0 Å². The van der Waals surface area contributed by atoms with Crippen molar-refractivity contribution in [1.82, 2.24) is 10.6 Å². The van der Waals surface area contributed by atoms with Crippen LogP contribution >= 0.6 is 0 Å². The molecule has 0 saturated carbocycles. The lowest BCUT2D eigenvalue weighted by Crippen LogP contribution is -2.49. The lowest BCUT2D eigenvalue weighted by molar-refractivity contribution is 0.0725. The van der Waals surface area contributed by atoms with Gasteiger partial charge in [0.25, 0.3) is 0 Å². The largest absolute Gasteiger partial charge is 0.462 e. The lowest BCUT2D eigenvalue weighted by atomic mass is 10.2. The minimum absolute atomic E-state index is 0.297. The summed E-state index contributed by atoms with van der Waals surface area (Å²) in [6, 6.07) is 0.297.